The lowest BCUT2D eigenvalue weighted by molar-refractivity contribution is 0.413. The molecule has 2 aromatic carbocycles. The number of ether oxygens (including phenoxy) is 1. The van der Waals surface area contributed by atoms with Crippen molar-refractivity contribution in [2.24, 2.45) is 5.84 Å². The Bertz CT molecular complexity index is 622. The zero-order chi connectivity index (χ0) is 14.7. The van der Waals surface area contributed by atoms with E-state index in [1.54, 1.807) is 18.2 Å². The van der Waals surface area contributed by atoms with Gasteiger partial charge in [-0.1, -0.05) is 15.9 Å². The molecule has 0 aliphatic heterocycles. The van der Waals surface area contributed by atoms with Gasteiger partial charge in [0.2, 0.25) is 0 Å². The average molecular weight is 343 g/mol. The van der Waals surface area contributed by atoms with Gasteiger partial charge in [-0.05, 0) is 42.0 Å². The van der Waals surface area contributed by atoms with Crippen molar-refractivity contribution in [2.45, 2.75) is 6.04 Å². The number of nitrogens with one attached hydrogen (secondary N) is 1. The number of hydrazine groups is 1. The number of rotatable bonds is 4. The molecule has 0 aromatic heterocycles. The zero-order valence-electron chi connectivity index (χ0n) is 10.7. The quantitative estimate of drug-likeness (QED) is 0.662. The molecule has 3 N–H and O–H groups in total. The molecule has 2 aromatic rings. The summed E-state index contributed by atoms with van der Waals surface area (Å²) in [6.45, 7) is 0. The van der Waals surface area contributed by atoms with Gasteiger partial charge in [0.05, 0.1) is 13.2 Å². The molecule has 1 unspecified atom stereocenters. The highest BCUT2D eigenvalue weighted by atomic mass is 79.9. The van der Waals surface area contributed by atoms with Crippen LogP contribution in [-0.4, -0.2) is 7.11 Å². The molecule has 0 spiro atoms. The van der Waals surface area contributed by atoms with Gasteiger partial charge in [0.1, 0.15) is 17.4 Å². The van der Waals surface area contributed by atoms with Gasteiger partial charge in [0, 0.05) is 10.0 Å². The molecule has 6 heteroatoms. The maximum Gasteiger partial charge on any atom is 0.128 e. The molecule has 0 fully saturated rings. The molecule has 0 radical (unpaired) electrons. The van der Waals surface area contributed by atoms with Gasteiger partial charge in [0.15, 0.2) is 0 Å². The Morgan fingerprint density at radius 2 is 1.90 bits per heavy atom. The summed E-state index contributed by atoms with van der Waals surface area (Å²) >= 11 is 3.37. The van der Waals surface area contributed by atoms with Gasteiger partial charge in [-0.3, -0.25) is 5.84 Å². The minimum absolute atomic E-state index is 0.126. The predicted octanol–water partition coefficient (Wildman–Crippen LogP) is 3.29. The number of hydrogen-bond acceptors (Lipinski definition) is 3. The maximum atomic E-state index is 13.9. The van der Waals surface area contributed by atoms with E-state index in [9.17, 15) is 8.78 Å². The summed E-state index contributed by atoms with van der Waals surface area (Å²) in [5.74, 6) is 5.05. The van der Waals surface area contributed by atoms with Crippen LogP contribution in [-0.2, 0) is 0 Å². The first-order valence-corrected chi connectivity index (χ1v) is 6.60. The van der Waals surface area contributed by atoms with E-state index in [4.69, 9.17) is 10.6 Å². The van der Waals surface area contributed by atoms with Gasteiger partial charge < -0.3 is 4.74 Å². The summed E-state index contributed by atoms with van der Waals surface area (Å²) in [5.41, 5.74) is 3.28. The molecule has 0 saturated carbocycles. The van der Waals surface area contributed by atoms with Crippen molar-refractivity contribution in [3.63, 3.8) is 0 Å². The third-order valence-electron chi connectivity index (χ3n) is 2.95. The van der Waals surface area contributed by atoms with Crippen LogP contribution < -0.4 is 16.0 Å². The normalized spacial score (nSPS) is 12.2. The van der Waals surface area contributed by atoms with Crippen molar-refractivity contribution >= 4 is 15.9 Å². The third-order valence-corrected chi connectivity index (χ3v) is 3.67. The minimum atomic E-state index is -0.699. The first-order chi connectivity index (χ1) is 9.56. The lowest BCUT2D eigenvalue weighted by Crippen LogP contribution is -2.30. The number of halogens is 3. The van der Waals surface area contributed by atoms with Crippen molar-refractivity contribution in [3.8, 4) is 5.75 Å². The van der Waals surface area contributed by atoms with Crippen LogP contribution in [0.15, 0.2) is 40.9 Å². The number of methoxy groups -OCH3 is 1. The Balaban J connectivity index is 2.54. The number of nitrogens with two attached hydrogens (primary N) is 1. The highest BCUT2D eigenvalue weighted by Gasteiger charge is 2.20. The highest BCUT2D eigenvalue weighted by molar-refractivity contribution is 9.10. The smallest absolute Gasteiger partial charge is 0.128 e. The van der Waals surface area contributed by atoms with Crippen LogP contribution in [0.2, 0.25) is 0 Å². The molecule has 0 saturated heterocycles. The zero-order valence-corrected chi connectivity index (χ0v) is 12.2. The number of benzene rings is 2. The Morgan fingerprint density at radius 3 is 2.55 bits per heavy atom. The molecule has 0 heterocycles. The topological polar surface area (TPSA) is 47.3 Å². The molecule has 0 amide bonds. The van der Waals surface area contributed by atoms with Crippen molar-refractivity contribution in [3.05, 3.63) is 63.6 Å². The van der Waals surface area contributed by atoms with E-state index in [2.05, 4.69) is 21.4 Å². The van der Waals surface area contributed by atoms with Crippen LogP contribution in [0.5, 0.6) is 5.75 Å². The fourth-order valence-electron chi connectivity index (χ4n) is 1.95. The fraction of sp³-hybridized carbons (Fsp3) is 0.143. The van der Waals surface area contributed by atoms with E-state index in [1.807, 2.05) is 0 Å². The van der Waals surface area contributed by atoms with E-state index in [0.29, 0.717) is 15.8 Å². The molecule has 1 atom stereocenters. The third kappa shape index (κ3) is 2.98. The van der Waals surface area contributed by atoms with E-state index >= 15 is 0 Å². The van der Waals surface area contributed by atoms with Gasteiger partial charge in [-0.15, -0.1) is 0 Å². The molecular weight excluding hydrogens is 330 g/mol. The summed E-state index contributed by atoms with van der Waals surface area (Å²) in [5, 5.41) is 0. The summed E-state index contributed by atoms with van der Waals surface area (Å²) < 4.78 is 33.1. The van der Waals surface area contributed by atoms with Crippen LogP contribution in [0.4, 0.5) is 8.78 Å². The monoisotopic (exact) mass is 342 g/mol. The lowest BCUT2D eigenvalue weighted by Gasteiger charge is -2.19. The van der Waals surface area contributed by atoms with E-state index < -0.39 is 17.7 Å². The number of hydrogen-bond donors (Lipinski definition) is 2. The highest BCUT2D eigenvalue weighted by Crippen LogP contribution is 2.32. The first kappa shape index (κ1) is 14.9. The molecule has 20 heavy (non-hydrogen) atoms. The maximum absolute atomic E-state index is 13.9. The SMILES string of the molecule is COc1ccc(Br)c(C(NN)c2cc(F)ccc2F)c1. The van der Waals surface area contributed by atoms with Crippen molar-refractivity contribution in [1.29, 1.82) is 0 Å². The lowest BCUT2D eigenvalue weighted by atomic mass is 9.98. The van der Waals surface area contributed by atoms with E-state index in [-0.39, 0.29) is 5.56 Å². The Morgan fingerprint density at radius 1 is 1.15 bits per heavy atom. The van der Waals surface area contributed by atoms with Crippen LogP contribution in [0.1, 0.15) is 17.2 Å². The Hall–Kier alpha value is -1.50. The predicted molar refractivity (Wildman–Crippen MR) is 76.2 cm³/mol. The molecule has 3 nitrogen and oxygen atoms in total. The van der Waals surface area contributed by atoms with Crippen molar-refractivity contribution in [1.82, 2.24) is 5.43 Å². The van der Waals surface area contributed by atoms with Gasteiger partial charge in [-0.2, -0.15) is 0 Å². The molecule has 0 aliphatic carbocycles. The van der Waals surface area contributed by atoms with Gasteiger partial charge in [0.25, 0.3) is 0 Å². The standard InChI is InChI=1S/C14H13BrF2N2O/c1-20-9-3-4-12(15)10(7-9)14(19-18)11-6-8(16)2-5-13(11)17/h2-7,14,19H,18H2,1H3. The minimum Gasteiger partial charge on any atom is -0.497 e. The average Bonchev–Trinajstić information content (AvgIpc) is 2.45. The van der Waals surface area contributed by atoms with Crippen molar-refractivity contribution < 1.29 is 13.5 Å². The second-order valence-electron chi connectivity index (χ2n) is 4.15. The second-order valence-corrected chi connectivity index (χ2v) is 5.01. The van der Waals surface area contributed by atoms with Crippen molar-refractivity contribution in [2.75, 3.05) is 7.11 Å². The van der Waals surface area contributed by atoms with Crippen LogP contribution in [0.25, 0.3) is 0 Å². The molecule has 2 rings (SSSR count). The first-order valence-electron chi connectivity index (χ1n) is 5.81. The molecule has 106 valence electrons. The summed E-state index contributed by atoms with van der Waals surface area (Å²) in [4.78, 5) is 0. The largest absolute Gasteiger partial charge is 0.497 e. The van der Waals surface area contributed by atoms with E-state index in [1.165, 1.54) is 7.11 Å². The second kappa shape index (κ2) is 6.30. The fourth-order valence-corrected chi connectivity index (χ4v) is 2.43. The van der Waals surface area contributed by atoms with Crippen LogP contribution in [0.3, 0.4) is 0 Å². The van der Waals surface area contributed by atoms with Crippen LogP contribution >= 0.6 is 15.9 Å². The summed E-state index contributed by atoms with van der Waals surface area (Å²) in [6.07, 6.45) is 0. The molecule has 0 aliphatic rings. The molecular formula is C14H13BrF2N2O. The van der Waals surface area contributed by atoms with Gasteiger partial charge in [-0.25, -0.2) is 14.2 Å². The van der Waals surface area contributed by atoms with Gasteiger partial charge >= 0.3 is 0 Å². The molecule has 0 bridgehead atoms. The summed E-state index contributed by atoms with van der Waals surface area (Å²) in [7, 11) is 1.53. The Kier molecular flexibility index (Phi) is 4.69. The van der Waals surface area contributed by atoms with E-state index in [0.717, 1.165) is 18.2 Å². The Labute approximate surface area is 123 Å². The van der Waals surface area contributed by atoms with Crippen LogP contribution in [0, 0.1) is 11.6 Å². The summed E-state index contributed by atoms with van der Waals surface area (Å²) in [6, 6.07) is 7.77.